The van der Waals surface area contributed by atoms with Gasteiger partial charge in [-0.25, -0.2) is 0 Å². The van der Waals surface area contributed by atoms with E-state index in [0.29, 0.717) is 6.04 Å². The van der Waals surface area contributed by atoms with Gasteiger partial charge in [0.2, 0.25) is 0 Å². The van der Waals surface area contributed by atoms with Crippen molar-refractivity contribution >= 4 is 0 Å². The lowest BCUT2D eigenvalue weighted by Crippen LogP contribution is -2.32. The van der Waals surface area contributed by atoms with Gasteiger partial charge in [0.1, 0.15) is 0 Å². The quantitative estimate of drug-likeness (QED) is 0.748. The third-order valence-electron chi connectivity index (χ3n) is 3.85. The van der Waals surface area contributed by atoms with Crippen molar-refractivity contribution in [2.45, 2.75) is 12.5 Å². The largest absolute Gasteiger partial charge is 0.316 e. The number of hydrogen-bond donors (Lipinski definition) is 2. The van der Waals surface area contributed by atoms with Gasteiger partial charge in [-0.3, -0.25) is 0 Å². The van der Waals surface area contributed by atoms with E-state index in [1.807, 2.05) is 0 Å². The molecule has 2 nitrogen and oxygen atoms in total. The van der Waals surface area contributed by atoms with E-state index in [2.05, 4.69) is 41.0 Å². The number of rotatable bonds is 2. The molecule has 3 atom stereocenters. The Morgan fingerprint density at radius 2 is 1.93 bits per heavy atom. The van der Waals surface area contributed by atoms with Crippen LogP contribution in [0.3, 0.4) is 0 Å². The van der Waals surface area contributed by atoms with Crippen molar-refractivity contribution < 1.29 is 0 Å². The first-order chi connectivity index (χ1) is 7.43. The standard InChI is InChI=1S/C13H18N2/c1-2-4-10(5-3-1)6-13-12-9-14-7-11(12)8-15-13/h1-5,11-15H,6-9H2. The van der Waals surface area contributed by atoms with E-state index < -0.39 is 0 Å². The average Bonchev–Trinajstić information content (AvgIpc) is 2.85. The fraction of sp³-hybridized carbons (Fsp3) is 0.538. The molecule has 2 saturated heterocycles. The number of nitrogens with one attached hydrogen (secondary N) is 2. The SMILES string of the molecule is c1ccc(CC2NCC3CNCC32)cc1. The molecule has 1 aromatic rings. The van der Waals surface area contributed by atoms with Gasteiger partial charge in [-0.15, -0.1) is 0 Å². The van der Waals surface area contributed by atoms with Gasteiger partial charge in [0.25, 0.3) is 0 Å². The monoisotopic (exact) mass is 202 g/mol. The highest BCUT2D eigenvalue weighted by Crippen LogP contribution is 2.27. The van der Waals surface area contributed by atoms with Gasteiger partial charge in [-0.1, -0.05) is 30.3 Å². The van der Waals surface area contributed by atoms with Gasteiger partial charge in [0.05, 0.1) is 0 Å². The van der Waals surface area contributed by atoms with Crippen LogP contribution in [-0.2, 0) is 6.42 Å². The van der Waals surface area contributed by atoms with Gasteiger partial charge in [0.15, 0.2) is 0 Å². The summed E-state index contributed by atoms with van der Waals surface area (Å²) in [5.74, 6) is 1.73. The molecule has 0 aromatic heterocycles. The molecule has 0 saturated carbocycles. The van der Waals surface area contributed by atoms with E-state index >= 15 is 0 Å². The summed E-state index contributed by atoms with van der Waals surface area (Å²) in [6.45, 7) is 3.62. The Balaban J connectivity index is 1.69. The normalized spacial score (nSPS) is 34.3. The molecule has 2 N–H and O–H groups in total. The Hall–Kier alpha value is -0.860. The molecule has 2 heteroatoms. The molecule has 0 bridgehead atoms. The minimum Gasteiger partial charge on any atom is -0.316 e. The highest BCUT2D eigenvalue weighted by Gasteiger charge is 2.38. The summed E-state index contributed by atoms with van der Waals surface area (Å²) in [7, 11) is 0. The van der Waals surface area contributed by atoms with Crippen molar-refractivity contribution in [3.05, 3.63) is 35.9 Å². The van der Waals surface area contributed by atoms with Crippen LogP contribution in [0.5, 0.6) is 0 Å². The first-order valence-electron chi connectivity index (χ1n) is 5.91. The van der Waals surface area contributed by atoms with E-state index in [4.69, 9.17) is 0 Å². The average molecular weight is 202 g/mol. The predicted molar refractivity (Wildman–Crippen MR) is 61.8 cm³/mol. The van der Waals surface area contributed by atoms with Crippen molar-refractivity contribution in [3.63, 3.8) is 0 Å². The maximum absolute atomic E-state index is 3.67. The Bertz CT molecular complexity index is 323. The molecule has 15 heavy (non-hydrogen) atoms. The zero-order valence-electron chi connectivity index (χ0n) is 8.95. The van der Waals surface area contributed by atoms with Gasteiger partial charge in [-0.05, 0) is 43.5 Å². The maximum Gasteiger partial charge on any atom is 0.0152 e. The topological polar surface area (TPSA) is 24.1 Å². The van der Waals surface area contributed by atoms with Crippen LogP contribution >= 0.6 is 0 Å². The van der Waals surface area contributed by atoms with Gasteiger partial charge in [-0.2, -0.15) is 0 Å². The second-order valence-electron chi connectivity index (χ2n) is 4.79. The molecule has 2 heterocycles. The molecule has 0 amide bonds. The second kappa shape index (κ2) is 3.95. The molecule has 0 aliphatic carbocycles. The van der Waals surface area contributed by atoms with E-state index in [-0.39, 0.29) is 0 Å². The summed E-state index contributed by atoms with van der Waals surface area (Å²) in [6.07, 6.45) is 1.18. The lowest BCUT2D eigenvalue weighted by molar-refractivity contribution is 0.435. The first-order valence-corrected chi connectivity index (χ1v) is 5.91. The van der Waals surface area contributed by atoms with Crippen LogP contribution in [0.25, 0.3) is 0 Å². The van der Waals surface area contributed by atoms with Crippen LogP contribution in [0.15, 0.2) is 30.3 Å². The van der Waals surface area contributed by atoms with Crippen molar-refractivity contribution in [1.29, 1.82) is 0 Å². The van der Waals surface area contributed by atoms with Crippen LogP contribution < -0.4 is 10.6 Å². The summed E-state index contributed by atoms with van der Waals surface area (Å²) in [4.78, 5) is 0. The molecule has 3 rings (SSSR count). The number of fused-ring (bicyclic) bond motifs is 1. The number of benzene rings is 1. The molecule has 2 fully saturated rings. The van der Waals surface area contributed by atoms with E-state index in [0.717, 1.165) is 11.8 Å². The molecule has 80 valence electrons. The van der Waals surface area contributed by atoms with Gasteiger partial charge < -0.3 is 10.6 Å². The zero-order chi connectivity index (χ0) is 10.1. The Morgan fingerprint density at radius 3 is 2.80 bits per heavy atom. The number of hydrogen-bond acceptors (Lipinski definition) is 2. The Kier molecular flexibility index (Phi) is 2.47. The minimum absolute atomic E-state index is 0.687. The van der Waals surface area contributed by atoms with Gasteiger partial charge >= 0.3 is 0 Å². The van der Waals surface area contributed by atoms with Gasteiger partial charge in [0, 0.05) is 6.04 Å². The van der Waals surface area contributed by atoms with Crippen molar-refractivity contribution in [3.8, 4) is 0 Å². The lowest BCUT2D eigenvalue weighted by Gasteiger charge is -2.17. The van der Waals surface area contributed by atoms with Crippen LogP contribution in [0, 0.1) is 11.8 Å². The van der Waals surface area contributed by atoms with Crippen molar-refractivity contribution in [2.75, 3.05) is 19.6 Å². The van der Waals surface area contributed by atoms with Crippen LogP contribution in [-0.4, -0.2) is 25.7 Å². The second-order valence-corrected chi connectivity index (χ2v) is 4.79. The molecule has 0 spiro atoms. The van der Waals surface area contributed by atoms with Crippen LogP contribution in [0.4, 0.5) is 0 Å². The lowest BCUT2D eigenvalue weighted by atomic mass is 9.90. The molecule has 1 aromatic carbocycles. The molecule has 3 unspecified atom stereocenters. The van der Waals surface area contributed by atoms with E-state index in [1.54, 1.807) is 0 Å². The van der Waals surface area contributed by atoms with E-state index in [1.165, 1.54) is 31.6 Å². The summed E-state index contributed by atoms with van der Waals surface area (Å²) in [5, 5.41) is 7.17. The summed E-state index contributed by atoms with van der Waals surface area (Å²) < 4.78 is 0. The Labute approximate surface area is 91.1 Å². The predicted octanol–water partition coefficient (Wildman–Crippen LogP) is 1.04. The van der Waals surface area contributed by atoms with Crippen LogP contribution in [0.1, 0.15) is 5.56 Å². The smallest absolute Gasteiger partial charge is 0.0152 e. The molecular weight excluding hydrogens is 184 g/mol. The summed E-state index contributed by atoms with van der Waals surface area (Å²) in [5.41, 5.74) is 1.46. The summed E-state index contributed by atoms with van der Waals surface area (Å²) >= 11 is 0. The van der Waals surface area contributed by atoms with Crippen LogP contribution in [0.2, 0.25) is 0 Å². The minimum atomic E-state index is 0.687. The third-order valence-corrected chi connectivity index (χ3v) is 3.85. The fourth-order valence-corrected chi connectivity index (χ4v) is 2.99. The fourth-order valence-electron chi connectivity index (χ4n) is 2.99. The highest BCUT2D eigenvalue weighted by atomic mass is 15.0. The third kappa shape index (κ3) is 1.80. The van der Waals surface area contributed by atoms with Crippen molar-refractivity contribution in [1.82, 2.24) is 10.6 Å². The molecule has 0 radical (unpaired) electrons. The molecule has 2 aliphatic rings. The molecule has 2 aliphatic heterocycles. The first kappa shape index (κ1) is 9.37. The van der Waals surface area contributed by atoms with E-state index in [9.17, 15) is 0 Å². The zero-order valence-corrected chi connectivity index (χ0v) is 8.95. The molecular formula is C13H18N2. The summed E-state index contributed by atoms with van der Waals surface area (Å²) in [6, 6.07) is 11.5. The highest BCUT2D eigenvalue weighted by molar-refractivity contribution is 5.17. The van der Waals surface area contributed by atoms with Crippen molar-refractivity contribution in [2.24, 2.45) is 11.8 Å². The Morgan fingerprint density at radius 1 is 1.07 bits per heavy atom. The maximum atomic E-state index is 3.67.